The molecule has 2 nitrogen and oxygen atoms in total. The van der Waals surface area contributed by atoms with Crippen LogP contribution in [-0.4, -0.2) is 24.4 Å². The first-order valence-electron chi connectivity index (χ1n) is 7.97. The van der Waals surface area contributed by atoms with E-state index < -0.39 is 0 Å². The van der Waals surface area contributed by atoms with Gasteiger partial charge in [-0.1, -0.05) is 51.7 Å². The van der Waals surface area contributed by atoms with Gasteiger partial charge in [0.1, 0.15) is 0 Å². The summed E-state index contributed by atoms with van der Waals surface area (Å²) in [5.41, 5.74) is 1.43. The number of hydrogen-bond donors (Lipinski definition) is 1. The summed E-state index contributed by atoms with van der Waals surface area (Å²) in [6.07, 6.45) is 7.74. The van der Waals surface area contributed by atoms with Gasteiger partial charge in [0, 0.05) is 11.3 Å². The zero-order valence-electron chi connectivity index (χ0n) is 13.0. The normalized spacial score (nSPS) is 42.1. The lowest BCUT2D eigenvalue weighted by molar-refractivity contribution is -0.164. The molecule has 0 radical (unpaired) electrons. The second-order valence-electron chi connectivity index (χ2n) is 6.75. The van der Waals surface area contributed by atoms with Crippen molar-refractivity contribution in [2.45, 2.75) is 59.5 Å². The monoisotopic (exact) mass is 266 g/mol. The molecule has 2 heteroatoms. The van der Waals surface area contributed by atoms with Gasteiger partial charge in [-0.15, -0.1) is 0 Å². The molecule has 0 aromatic carbocycles. The van der Waals surface area contributed by atoms with Crippen molar-refractivity contribution in [2.24, 2.45) is 23.2 Å². The average Bonchev–Trinajstić information content (AvgIpc) is 2.38. The van der Waals surface area contributed by atoms with Crippen molar-refractivity contribution in [3.8, 4) is 0 Å². The number of hydrogen-bond acceptors (Lipinski definition) is 2. The van der Waals surface area contributed by atoms with Crippen LogP contribution in [0.2, 0.25) is 0 Å². The van der Waals surface area contributed by atoms with Gasteiger partial charge in [-0.05, 0) is 25.2 Å². The molecule has 0 amide bonds. The van der Waals surface area contributed by atoms with Crippen LogP contribution in [0.4, 0.5) is 0 Å². The summed E-state index contributed by atoms with van der Waals surface area (Å²) in [6.45, 7) is 10.0. The largest absolute Gasteiger partial charge is 0.396 e. The highest BCUT2D eigenvalue weighted by molar-refractivity contribution is 5.20. The van der Waals surface area contributed by atoms with Crippen molar-refractivity contribution >= 4 is 0 Å². The van der Waals surface area contributed by atoms with Crippen LogP contribution < -0.4 is 0 Å². The molecule has 0 aromatic heterocycles. The number of fused-ring (bicyclic) bond motifs is 2. The molecule has 5 atom stereocenters. The van der Waals surface area contributed by atoms with Gasteiger partial charge in [0.15, 0.2) is 0 Å². The molecule has 0 unspecified atom stereocenters. The average molecular weight is 266 g/mol. The Hall–Kier alpha value is -0.340. The quantitative estimate of drug-likeness (QED) is 0.606. The molecule has 0 aromatic rings. The minimum Gasteiger partial charge on any atom is -0.396 e. The molecule has 1 heterocycles. The Balaban J connectivity index is 2.17. The van der Waals surface area contributed by atoms with E-state index in [1.165, 1.54) is 31.3 Å². The Morgan fingerprint density at radius 3 is 2.74 bits per heavy atom. The maximum Gasteiger partial charge on any atom is 0.0643 e. The second kappa shape index (κ2) is 5.97. The van der Waals surface area contributed by atoms with Crippen molar-refractivity contribution in [2.75, 3.05) is 13.2 Å². The molecule has 2 bridgehead atoms. The lowest BCUT2D eigenvalue weighted by Crippen LogP contribution is -2.56. The van der Waals surface area contributed by atoms with Crippen LogP contribution in [0.15, 0.2) is 11.6 Å². The number of rotatable bonds is 5. The number of aliphatic hydroxyl groups is 1. The first-order valence-corrected chi connectivity index (χ1v) is 7.97. The molecule has 2 aliphatic rings. The van der Waals surface area contributed by atoms with Crippen molar-refractivity contribution in [3.05, 3.63) is 11.6 Å². The zero-order valence-corrected chi connectivity index (χ0v) is 13.0. The molecule has 1 saturated heterocycles. The van der Waals surface area contributed by atoms with Gasteiger partial charge in [0.05, 0.1) is 19.3 Å². The Morgan fingerprint density at radius 1 is 1.37 bits per heavy atom. The van der Waals surface area contributed by atoms with Gasteiger partial charge in [0.2, 0.25) is 0 Å². The second-order valence-corrected chi connectivity index (χ2v) is 6.75. The Morgan fingerprint density at radius 2 is 2.11 bits per heavy atom. The standard InChI is InChI=1S/C17H30O2/c1-5-6-7-8-15-16-12(2)9-13(3)17(10-18,11-19-15)14(16)4/h9,13-16,18H,5-8,10-11H2,1-4H3/t13-,14-,15+,16+,17+/m1/s1. The van der Waals surface area contributed by atoms with Crippen molar-refractivity contribution in [1.82, 2.24) is 0 Å². The third kappa shape index (κ3) is 2.50. The van der Waals surface area contributed by atoms with Crippen molar-refractivity contribution < 1.29 is 9.84 Å². The maximum atomic E-state index is 9.91. The van der Waals surface area contributed by atoms with E-state index in [-0.39, 0.29) is 12.0 Å². The van der Waals surface area contributed by atoms with E-state index in [4.69, 9.17) is 4.74 Å². The van der Waals surface area contributed by atoms with Gasteiger partial charge in [-0.25, -0.2) is 0 Å². The highest BCUT2D eigenvalue weighted by Crippen LogP contribution is 2.52. The predicted molar refractivity (Wildman–Crippen MR) is 79.0 cm³/mol. The Labute approximate surface area is 118 Å². The summed E-state index contributed by atoms with van der Waals surface area (Å²) in [6, 6.07) is 0. The Bertz CT molecular complexity index is 336. The predicted octanol–water partition coefficient (Wildman–Crippen LogP) is 3.79. The molecule has 1 aliphatic carbocycles. The maximum absolute atomic E-state index is 9.91. The number of unbranched alkanes of at least 4 members (excludes halogenated alkanes) is 2. The fraction of sp³-hybridized carbons (Fsp3) is 0.882. The van der Waals surface area contributed by atoms with Crippen LogP contribution in [0.25, 0.3) is 0 Å². The first kappa shape index (κ1) is 15.1. The highest BCUT2D eigenvalue weighted by atomic mass is 16.5. The minimum atomic E-state index is -0.0502. The summed E-state index contributed by atoms with van der Waals surface area (Å²) in [4.78, 5) is 0. The summed E-state index contributed by atoms with van der Waals surface area (Å²) in [5, 5.41) is 9.91. The van der Waals surface area contributed by atoms with E-state index in [0.29, 0.717) is 23.9 Å². The minimum absolute atomic E-state index is 0.0502. The fourth-order valence-corrected chi connectivity index (χ4v) is 4.27. The first-order chi connectivity index (χ1) is 9.06. The van der Waals surface area contributed by atoms with Gasteiger partial charge < -0.3 is 9.84 Å². The summed E-state index contributed by atoms with van der Waals surface area (Å²) in [7, 11) is 0. The lowest BCUT2D eigenvalue weighted by Gasteiger charge is -2.55. The zero-order chi connectivity index (χ0) is 14.0. The van der Waals surface area contributed by atoms with Crippen molar-refractivity contribution in [1.29, 1.82) is 0 Å². The smallest absolute Gasteiger partial charge is 0.0643 e. The molecule has 1 fully saturated rings. The van der Waals surface area contributed by atoms with Crippen LogP contribution in [0.5, 0.6) is 0 Å². The molecule has 0 saturated carbocycles. The molecule has 0 spiro atoms. The SMILES string of the molecule is CCCCC[C@@H]1OC[C@@]2(CO)[C@H](C)C=C(C)[C@H]1[C@H]2C. The highest BCUT2D eigenvalue weighted by Gasteiger charge is 2.52. The van der Waals surface area contributed by atoms with Crippen molar-refractivity contribution in [3.63, 3.8) is 0 Å². The summed E-state index contributed by atoms with van der Waals surface area (Å²) < 4.78 is 6.20. The number of ether oxygens (including phenoxy) is 1. The lowest BCUT2D eigenvalue weighted by atomic mass is 9.56. The van der Waals surface area contributed by atoms with Gasteiger partial charge >= 0.3 is 0 Å². The molecule has 19 heavy (non-hydrogen) atoms. The van der Waals surface area contributed by atoms with Crippen LogP contribution in [0, 0.1) is 23.2 Å². The third-order valence-electron chi connectivity index (χ3n) is 5.74. The van der Waals surface area contributed by atoms with E-state index in [2.05, 4.69) is 33.8 Å². The number of aliphatic hydroxyl groups excluding tert-OH is 1. The van der Waals surface area contributed by atoms with Crippen LogP contribution >= 0.6 is 0 Å². The molecular formula is C17H30O2. The van der Waals surface area contributed by atoms with E-state index >= 15 is 0 Å². The summed E-state index contributed by atoms with van der Waals surface area (Å²) >= 11 is 0. The van der Waals surface area contributed by atoms with Crippen LogP contribution in [-0.2, 0) is 4.74 Å². The van der Waals surface area contributed by atoms with Gasteiger partial charge in [0.25, 0.3) is 0 Å². The van der Waals surface area contributed by atoms with E-state index in [0.717, 1.165) is 6.61 Å². The molecule has 2 rings (SSSR count). The third-order valence-corrected chi connectivity index (χ3v) is 5.74. The molecule has 1 aliphatic heterocycles. The number of allylic oxidation sites excluding steroid dienone is 1. The summed E-state index contributed by atoms with van der Waals surface area (Å²) in [5.74, 6) is 1.45. The van der Waals surface area contributed by atoms with Crippen LogP contribution in [0.1, 0.15) is 53.4 Å². The topological polar surface area (TPSA) is 29.5 Å². The van der Waals surface area contributed by atoms with Crippen LogP contribution in [0.3, 0.4) is 0 Å². The van der Waals surface area contributed by atoms with Gasteiger partial charge in [-0.2, -0.15) is 0 Å². The molecule has 110 valence electrons. The van der Waals surface area contributed by atoms with E-state index in [1.54, 1.807) is 0 Å². The fourth-order valence-electron chi connectivity index (χ4n) is 4.27. The molecular weight excluding hydrogens is 236 g/mol. The molecule has 1 N–H and O–H groups in total. The van der Waals surface area contributed by atoms with Gasteiger partial charge in [-0.3, -0.25) is 0 Å². The Kier molecular flexibility index (Phi) is 4.73. The van der Waals surface area contributed by atoms with E-state index in [9.17, 15) is 5.11 Å². The van der Waals surface area contributed by atoms with E-state index in [1.807, 2.05) is 0 Å².